The summed E-state index contributed by atoms with van der Waals surface area (Å²) in [5.41, 5.74) is 1.62. The number of benzene rings is 1. The van der Waals surface area contributed by atoms with Gasteiger partial charge in [-0.25, -0.2) is 0 Å². The van der Waals surface area contributed by atoms with E-state index >= 15 is 0 Å². The highest BCUT2D eigenvalue weighted by molar-refractivity contribution is 5.94. The Kier molecular flexibility index (Phi) is 5.84. The second-order valence-electron chi connectivity index (χ2n) is 6.23. The molecule has 6 nitrogen and oxygen atoms in total. The highest BCUT2D eigenvalue weighted by Gasteiger charge is 2.24. The van der Waals surface area contributed by atoms with Crippen LogP contribution in [0.1, 0.15) is 22.3 Å². The van der Waals surface area contributed by atoms with Crippen molar-refractivity contribution in [3.05, 3.63) is 59.9 Å². The predicted octanol–water partition coefficient (Wildman–Crippen LogP) is 2.01. The third kappa shape index (κ3) is 4.20. The first kappa shape index (κ1) is 17.9. The summed E-state index contributed by atoms with van der Waals surface area (Å²) in [5.74, 6) is 0.899. The van der Waals surface area contributed by atoms with E-state index in [4.69, 9.17) is 4.74 Å². The van der Waals surface area contributed by atoms with E-state index in [9.17, 15) is 9.59 Å². The third-order valence-electron chi connectivity index (χ3n) is 4.63. The molecule has 0 radical (unpaired) electrons. The Balaban J connectivity index is 1.50. The molecule has 2 amide bonds. The number of hydrogen-bond acceptors (Lipinski definition) is 4. The second-order valence-corrected chi connectivity index (χ2v) is 6.23. The summed E-state index contributed by atoms with van der Waals surface area (Å²) in [6.07, 6.45) is 4.32. The summed E-state index contributed by atoms with van der Waals surface area (Å²) >= 11 is 0. The molecule has 1 fully saturated rings. The number of carbonyl (C=O) groups excluding carboxylic acids is 2. The molecule has 0 spiro atoms. The average Bonchev–Trinajstić information content (AvgIpc) is 2.72. The van der Waals surface area contributed by atoms with Crippen LogP contribution in [-0.2, 0) is 11.2 Å². The number of amides is 2. The van der Waals surface area contributed by atoms with Gasteiger partial charge >= 0.3 is 0 Å². The highest BCUT2D eigenvalue weighted by Crippen LogP contribution is 2.19. The van der Waals surface area contributed by atoms with Gasteiger partial charge in [-0.05, 0) is 30.2 Å². The number of piperazine rings is 1. The first-order valence-electron chi connectivity index (χ1n) is 8.78. The highest BCUT2D eigenvalue weighted by atomic mass is 16.5. The molecule has 1 aromatic carbocycles. The van der Waals surface area contributed by atoms with Crippen LogP contribution < -0.4 is 4.74 Å². The maximum atomic E-state index is 12.5. The fraction of sp³-hybridized carbons (Fsp3) is 0.350. The average molecular weight is 353 g/mol. The van der Waals surface area contributed by atoms with Crippen molar-refractivity contribution in [1.82, 2.24) is 14.8 Å². The Hall–Kier alpha value is -2.89. The molecule has 1 aliphatic rings. The van der Waals surface area contributed by atoms with E-state index in [1.807, 2.05) is 29.2 Å². The Morgan fingerprint density at radius 2 is 1.77 bits per heavy atom. The molecular weight excluding hydrogens is 330 g/mol. The second kappa shape index (κ2) is 8.47. The molecule has 6 heteroatoms. The minimum atomic E-state index is -0.0285. The summed E-state index contributed by atoms with van der Waals surface area (Å²) in [4.78, 5) is 32.5. The van der Waals surface area contributed by atoms with Gasteiger partial charge in [-0.1, -0.05) is 18.2 Å². The molecule has 1 saturated heterocycles. The lowest BCUT2D eigenvalue weighted by Gasteiger charge is -2.34. The molecule has 136 valence electrons. The Morgan fingerprint density at radius 3 is 2.46 bits per heavy atom. The standard InChI is InChI=1S/C20H23N3O3/c1-26-18-7-3-2-5-16(18)8-9-19(24)22-11-13-23(14-12-22)20(25)17-6-4-10-21-15-17/h2-7,10,15H,8-9,11-14H2,1H3. The Labute approximate surface area is 153 Å². The van der Waals surface area contributed by atoms with Gasteiger partial charge in [-0.15, -0.1) is 0 Å². The summed E-state index contributed by atoms with van der Waals surface area (Å²) in [6.45, 7) is 2.23. The minimum absolute atomic E-state index is 0.0285. The predicted molar refractivity (Wildman–Crippen MR) is 98.0 cm³/mol. The molecule has 0 atom stereocenters. The molecular formula is C20H23N3O3. The zero-order chi connectivity index (χ0) is 18.4. The van der Waals surface area contributed by atoms with Crippen LogP contribution in [0.5, 0.6) is 5.75 Å². The van der Waals surface area contributed by atoms with E-state index in [1.165, 1.54) is 0 Å². The van der Waals surface area contributed by atoms with E-state index in [0.29, 0.717) is 44.6 Å². The number of pyridine rings is 1. The van der Waals surface area contributed by atoms with Crippen molar-refractivity contribution in [2.45, 2.75) is 12.8 Å². The van der Waals surface area contributed by atoms with Crippen molar-refractivity contribution in [3.8, 4) is 5.75 Å². The molecule has 2 aromatic rings. The molecule has 0 aliphatic carbocycles. The first-order chi connectivity index (χ1) is 12.7. The lowest BCUT2D eigenvalue weighted by Crippen LogP contribution is -2.50. The molecule has 1 aromatic heterocycles. The van der Waals surface area contributed by atoms with Gasteiger partial charge in [0.25, 0.3) is 5.91 Å². The van der Waals surface area contributed by atoms with E-state index in [1.54, 1.807) is 36.5 Å². The monoisotopic (exact) mass is 353 g/mol. The maximum Gasteiger partial charge on any atom is 0.255 e. The number of nitrogens with zero attached hydrogens (tertiary/aromatic N) is 3. The summed E-state index contributed by atoms with van der Waals surface area (Å²) in [7, 11) is 1.64. The van der Waals surface area contributed by atoms with Gasteiger partial charge in [-0.3, -0.25) is 14.6 Å². The number of aryl methyl sites for hydroxylation is 1. The number of para-hydroxylation sites is 1. The van der Waals surface area contributed by atoms with Crippen LogP contribution in [0.15, 0.2) is 48.8 Å². The van der Waals surface area contributed by atoms with Gasteiger partial charge in [0.15, 0.2) is 0 Å². The molecule has 26 heavy (non-hydrogen) atoms. The number of aromatic nitrogens is 1. The van der Waals surface area contributed by atoms with Gasteiger partial charge in [0.05, 0.1) is 12.7 Å². The van der Waals surface area contributed by atoms with E-state index in [-0.39, 0.29) is 11.8 Å². The van der Waals surface area contributed by atoms with E-state index in [2.05, 4.69) is 4.98 Å². The van der Waals surface area contributed by atoms with Crippen molar-refractivity contribution in [3.63, 3.8) is 0 Å². The molecule has 0 N–H and O–H groups in total. The van der Waals surface area contributed by atoms with Crippen molar-refractivity contribution in [2.24, 2.45) is 0 Å². The SMILES string of the molecule is COc1ccccc1CCC(=O)N1CCN(C(=O)c2cccnc2)CC1. The molecule has 0 bridgehead atoms. The van der Waals surface area contributed by atoms with E-state index < -0.39 is 0 Å². The topological polar surface area (TPSA) is 62.7 Å². The number of carbonyl (C=O) groups is 2. The lowest BCUT2D eigenvalue weighted by molar-refractivity contribution is -0.132. The fourth-order valence-electron chi connectivity index (χ4n) is 3.14. The largest absolute Gasteiger partial charge is 0.496 e. The fourth-order valence-corrected chi connectivity index (χ4v) is 3.14. The van der Waals surface area contributed by atoms with Gasteiger partial charge in [0, 0.05) is 45.0 Å². The smallest absolute Gasteiger partial charge is 0.255 e. The number of rotatable bonds is 5. The maximum absolute atomic E-state index is 12.5. The van der Waals surface area contributed by atoms with Gasteiger partial charge in [0.1, 0.15) is 5.75 Å². The van der Waals surface area contributed by atoms with Crippen LogP contribution in [0.4, 0.5) is 0 Å². The van der Waals surface area contributed by atoms with Crippen LogP contribution >= 0.6 is 0 Å². The summed E-state index contributed by atoms with van der Waals surface area (Å²) in [6, 6.07) is 11.3. The normalized spacial score (nSPS) is 14.2. The van der Waals surface area contributed by atoms with Crippen LogP contribution in [0, 0.1) is 0 Å². The number of hydrogen-bond donors (Lipinski definition) is 0. The molecule has 0 unspecified atom stereocenters. The zero-order valence-electron chi connectivity index (χ0n) is 14.9. The molecule has 3 rings (SSSR count). The van der Waals surface area contributed by atoms with Gasteiger partial charge < -0.3 is 14.5 Å². The zero-order valence-corrected chi connectivity index (χ0v) is 14.9. The third-order valence-corrected chi connectivity index (χ3v) is 4.63. The molecule has 2 heterocycles. The van der Waals surface area contributed by atoms with Crippen molar-refractivity contribution in [2.75, 3.05) is 33.3 Å². The summed E-state index contributed by atoms with van der Waals surface area (Å²) < 4.78 is 5.33. The Bertz CT molecular complexity index is 756. The molecule has 0 saturated carbocycles. The van der Waals surface area contributed by atoms with Crippen LogP contribution in [0.3, 0.4) is 0 Å². The van der Waals surface area contributed by atoms with Crippen LogP contribution in [-0.4, -0.2) is 59.9 Å². The van der Waals surface area contributed by atoms with Crippen molar-refractivity contribution >= 4 is 11.8 Å². The van der Waals surface area contributed by atoms with Crippen LogP contribution in [0.25, 0.3) is 0 Å². The van der Waals surface area contributed by atoms with Gasteiger partial charge in [-0.2, -0.15) is 0 Å². The molecule has 1 aliphatic heterocycles. The van der Waals surface area contributed by atoms with Crippen molar-refractivity contribution in [1.29, 1.82) is 0 Å². The van der Waals surface area contributed by atoms with Gasteiger partial charge in [0.2, 0.25) is 5.91 Å². The minimum Gasteiger partial charge on any atom is -0.496 e. The quantitative estimate of drug-likeness (QED) is 0.825. The Morgan fingerprint density at radius 1 is 1.04 bits per heavy atom. The lowest BCUT2D eigenvalue weighted by atomic mass is 10.1. The number of methoxy groups -OCH3 is 1. The summed E-state index contributed by atoms with van der Waals surface area (Å²) in [5, 5.41) is 0. The van der Waals surface area contributed by atoms with Crippen LogP contribution in [0.2, 0.25) is 0 Å². The number of ether oxygens (including phenoxy) is 1. The van der Waals surface area contributed by atoms with E-state index in [0.717, 1.165) is 11.3 Å². The van der Waals surface area contributed by atoms with Crippen molar-refractivity contribution < 1.29 is 14.3 Å². The first-order valence-corrected chi connectivity index (χ1v) is 8.78.